The van der Waals surface area contributed by atoms with E-state index in [0.717, 1.165) is 38.5 Å². The highest BCUT2D eigenvalue weighted by Gasteiger charge is 2.28. The Bertz CT molecular complexity index is 863. The summed E-state index contributed by atoms with van der Waals surface area (Å²) in [6.07, 6.45) is 53.7. The summed E-state index contributed by atoms with van der Waals surface area (Å²) < 4.78 is 0. The lowest BCUT2D eigenvalue weighted by Gasteiger charge is -2.27. The van der Waals surface area contributed by atoms with Gasteiger partial charge in [0.25, 0.3) is 0 Å². The van der Waals surface area contributed by atoms with Crippen LogP contribution in [0.2, 0.25) is 0 Å². The maximum atomic E-state index is 12.5. The third kappa shape index (κ3) is 40.0. The number of aliphatic hydroxyl groups is 4. The molecule has 0 spiro atoms. The van der Waals surface area contributed by atoms with Crippen molar-refractivity contribution in [3.05, 3.63) is 24.3 Å². The van der Waals surface area contributed by atoms with Gasteiger partial charge in [0.1, 0.15) is 12.2 Å². The van der Waals surface area contributed by atoms with Gasteiger partial charge in [0, 0.05) is 0 Å². The van der Waals surface area contributed by atoms with Crippen LogP contribution >= 0.6 is 0 Å². The molecule has 0 heterocycles. The minimum Gasteiger partial charge on any atom is -0.394 e. The predicted molar refractivity (Wildman–Crippen MR) is 247 cm³/mol. The maximum Gasteiger partial charge on any atom is 0.249 e. The third-order valence-corrected chi connectivity index (χ3v) is 11.9. The predicted octanol–water partition coefficient (Wildman–Crippen LogP) is 13.9. The zero-order chi connectivity index (χ0) is 41.7. The number of aliphatic hydroxyl groups excluding tert-OH is 4. The first-order valence-electron chi connectivity index (χ1n) is 25.2. The summed E-state index contributed by atoms with van der Waals surface area (Å²) in [4.78, 5) is 12.5. The van der Waals surface area contributed by atoms with Crippen LogP contribution in [0.1, 0.15) is 264 Å². The first kappa shape index (κ1) is 55.8. The van der Waals surface area contributed by atoms with Gasteiger partial charge in [-0.3, -0.25) is 4.79 Å². The van der Waals surface area contributed by atoms with Gasteiger partial charge in [0.15, 0.2) is 0 Å². The monoisotopic (exact) mass is 806 g/mol. The summed E-state index contributed by atoms with van der Waals surface area (Å²) in [7, 11) is 0. The van der Waals surface area contributed by atoms with Crippen LogP contribution in [0, 0.1) is 0 Å². The average molecular weight is 806 g/mol. The molecular weight excluding hydrogens is 707 g/mol. The van der Waals surface area contributed by atoms with Gasteiger partial charge >= 0.3 is 0 Å². The molecule has 338 valence electrons. The normalized spacial score (nSPS) is 14.1. The molecule has 6 nitrogen and oxygen atoms in total. The standard InChI is InChI=1S/C51H99NO5/c1-3-5-7-9-11-13-15-17-19-21-23-25-27-28-30-32-34-36-38-40-42-44-48(54)50(56)47(46-53)52-51(57)49(55)45-43-41-39-37-35-33-31-29-26-24-22-20-18-16-14-12-10-8-6-4-2/h28,30,36,38,47-50,53-56H,3-27,29,31-35,37,39-46H2,1-2H3,(H,52,57)/b30-28+,38-36+. The molecule has 4 unspecified atom stereocenters. The summed E-state index contributed by atoms with van der Waals surface area (Å²) in [5, 5.41) is 43.8. The molecular formula is C51H99NO5. The number of rotatable bonds is 46. The Balaban J connectivity index is 3.72. The SMILES string of the molecule is CCCCCCCCCCCCCC/C=C/CC/C=C/CCCC(O)C(O)C(CO)NC(=O)C(O)CCCCCCCCCCCCCCCCCCCCCC. The van der Waals surface area contributed by atoms with Crippen LogP contribution in [0.3, 0.4) is 0 Å². The molecule has 1 amide bonds. The van der Waals surface area contributed by atoms with Crippen molar-refractivity contribution >= 4 is 5.91 Å². The fraction of sp³-hybridized carbons (Fsp3) is 0.902. The molecule has 0 aliphatic heterocycles. The minimum atomic E-state index is -1.29. The molecule has 0 saturated carbocycles. The molecule has 57 heavy (non-hydrogen) atoms. The summed E-state index contributed by atoms with van der Waals surface area (Å²) >= 11 is 0. The van der Waals surface area contributed by atoms with Crippen LogP contribution in [0.5, 0.6) is 0 Å². The van der Waals surface area contributed by atoms with Gasteiger partial charge in [-0.15, -0.1) is 0 Å². The number of amides is 1. The summed E-state index contributed by atoms with van der Waals surface area (Å²) in [5.74, 6) is -0.593. The van der Waals surface area contributed by atoms with Crippen molar-refractivity contribution in [3.63, 3.8) is 0 Å². The van der Waals surface area contributed by atoms with Crippen LogP contribution in [-0.2, 0) is 4.79 Å². The number of unbranched alkanes of at least 4 members (excludes halogenated alkanes) is 33. The van der Waals surface area contributed by atoms with Crippen molar-refractivity contribution in [2.45, 2.75) is 289 Å². The summed E-state index contributed by atoms with van der Waals surface area (Å²) in [5.41, 5.74) is 0. The zero-order valence-electron chi connectivity index (χ0n) is 38.1. The highest BCUT2D eigenvalue weighted by Crippen LogP contribution is 2.17. The van der Waals surface area contributed by atoms with Crippen LogP contribution in [0.25, 0.3) is 0 Å². The van der Waals surface area contributed by atoms with E-state index in [1.807, 2.05) is 0 Å². The summed E-state index contributed by atoms with van der Waals surface area (Å²) in [6, 6.07) is -1.01. The molecule has 0 saturated heterocycles. The van der Waals surface area contributed by atoms with Crippen molar-refractivity contribution in [3.8, 4) is 0 Å². The van der Waals surface area contributed by atoms with E-state index in [-0.39, 0.29) is 0 Å². The topological polar surface area (TPSA) is 110 Å². The fourth-order valence-electron chi connectivity index (χ4n) is 7.89. The fourth-order valence-corrected chi connectivity index (χ4v) is 7.89. The highest BCUT2D eigenvalue weighted by molar-refractivity contribution is 5.80. The lowest BCUT2D eigenvalue weighted by molar-refractivity contribution is -0.132. The van der Waals surface area contributed by atoms with Gasteiger partial charge in [-0.25, -0.2) is 0 Å². The lowest BCUT2D eigenvalue weighted by Crippen LogP contribution is -2.53. The van der Waals surface area contributed by atoms with E-state index in [2.05, 4.69) is 43.5 Å². The molecule has 0 bridgehead atoms. The molecule has 5 N–H and O–H groups in total. The Morgan fingerprint density at radius 3 is 1.11 bits per heavy atom. The van der Waals surface area contributed by atoms with Crippen molar-refractivity contribution in [1.82, 2.24) is 5.32 Å². The van der Waals surface area contributed by atoms with Crippen LogP contribution in [0.4, 0.5) is 0 Å². The first-order chi connectivity index (χ1) is 28.0. The van der Waals surface area contributed by atoms with Gasteiger partial charge in [-0.2, -0.15) is 0 Å². The number of carbonyl (C=O) groups excluding carboxylic acids is 1. The molecule has 0 fully saturated rings. The zero-order valence-corrected chi connectivity index (χ0v) is 38.1. The molecule has 0 aliphatic rings. The van der Waals surface area contributed by atoms with E-state index < -0.39 is 36.9 Å². The van der Waals surface area contributed by atoms with Crippen LogP contribution in [-0.4, -0.2) is 57.3 Å². The van der Waals surface area contributed by atoms with E-state index in [9.17, 15) is 25.2 Å². The Morgan fingerprint density at radius 1 is 0.421 bits per heavy atom. The molecule has 0 aromatic carbocycles. The molecule has 6 heteroatoms. The molecule has 0 aromatic heterocycles. The van der Waals surface area contributed by atoms with Gasteiger partial charge < -0.3 is 25.7 Å². The smallest absolute Gasteiger partial charge is 0.249 e. The van der Waals surface area contributed by atoms with Crippen molar-refractivity contribution < 1.29 is 25.2 Å². The van der Waals surface area contributed by atoms with E-state index in [0.29, 0.717) is 19.3 Å². The molecule has 4 atom stereocenters. The number of carbonyl (C=O) groups is 1. The second kappa shape index (κ2) is 45.9. The Hall–Kier alpha value is -1.21. The van der Waals surface area contributed by atoms with Crippen molar-refractivity contribution in [2.75, 3.05) is 6.61 Å². The van der Waals surface area contributed by atoms with E-state index in [1.54, 1.807) is 0 Å². The van der Waals surface area contributed by atoms with E-state index in [4.69, 9.17) is 0 Å². The highest BCUT2D eigenvalue weighted by atomic mass is 16.3. The molecule has 0 rings (SSSR count). The van der Waals surface area contributed by atoms with Crippen LogP contribution in [0.15, 0.2) is 24.3 Å². The van der Waals surface area contributed by atoms with Gasteiger partial charge in [0.2, 0.25) is 5.91 Å². The molecule has 0 radical (unpaired) electrons. The third-order valence-electron chi connectivity index (χ3n) is 11.9. The maximum absolute atomic E-state index is 12.5. The number of hydrogen-bond acceptors (Lipinski definition) is 5. The van der Waals surface area contributed by atoms with E-state index in [1.165, 1.54) is 193 Å². The summed E-state index contributed by atoms with van der Waals surface area (Å²) in [6.45, 7) is 4.06. The van der Waals surface area contributed by atoms with Crippen molar-refractivity contribution in [1.29, 1.82) is 0 Å². The van der Waals surface area contributed by atoms with E-state index >= 15 is 0 Å². The number of hydrogen-bond donors (Lipinski definition) is 5. The Labute approximate surface area is 354 Å². The molecule has 0 aliphatic carbocycles. The van der Waals surface area contributed by atoms with Gasteiger partial charge in [0.05, 0.1) is 18.8 Å². The second-order valence-corrected chi connectivity index (χ2v) is 17.5. The first-order valence-corrected chi connectivity index (χ1v) is 25.2. The Kier molecular flexibility index (Phi) is 44.9. The number of allylic oxidation sites excluding steroid dienone is 4. The second-order valence-electron chi connectivity index (χ2n) is 17.5. The lowest BCUT2D eigenvalue weighted by atomic mass is 10.00. The van der Waals surface area contributed by atoms with Crippen molar-refractivity contribution in [2.24, 2.45) is 0 Å². The van der Waals surface area contributed by atoms with Gasteiger partial charge in [-0.1, -0.05) is 237 Å². The van der Waals surface area contributed by atoms with Gasteiger partial charge in [-0.05, 0) is 51.4 Å². The van der Waals surface area contributed by atoms with Crippen LogP contribution < -0.4 is 5.32 Å². The molecule has 0 aromatic rings. The quantitative estimate of drug-likeness (QED) is 0.0311. The Morgan fingerprint density at radius 2 is 0.737 bits per heavy atom. The minimum absolute atomic E-state index is 0.364. The largest absolute Gasteiger partial charge is 0.394 e. The average Bonchev–Trinajstić information content (AvgIpc) is 3.22. The number of nitrogens with one attached hydrogen (secondary N) is 1.